The van der Waals surface area contributed by atoms with E-state index < -0.39 is 4.92 Å². The van der Waals surface area contributed by atoms with E-state index in [1.165, 1.54) is 23.9 Å². The van der Waals surface area contributed by atoms with E-state index in [0.29, 0.717) is 28.6 Å². The number of aromatic nitrogens is 3. The van der Waals surface area contributed by atoms with Crippen LogP contribution in [0, 0.1) is 10.1 Å². The zero-order chi connectivity index (χ0) is 15.7. The summed E-state index contributed by atoms with van der Waals surface area (Å²) in [5, 5.41) is 19.5. The molecule has 0 fully saturated rings. The number of thioether (sulfide) groups is 1. The highest BCUT2D eigenvalue weighted by Gasteiger charge is 2.22. The third-order valence-electron chi connectivity index (χ3n) is 3.24. The molecular weight excluding hydrogens is 310 g/mol. The zero-order valence-electron chi connectivity index (χ0n) is 11.7. The van der Waals surface area contributed by atoms with Gasteiger partial charge in [0.1, 0.15) is 5.75 Å². The van der Waals surface area contributed by atoms with E-state index in [9.17, 15) is 10.1 Å². The Kier molecular flexibility index (Phi) is 3.86. The zero-order valence-corrected chi connectivity index (χ0v) is 12.5. The van der Waals surface area contributed by atoms with Crippen molar-refractivity contribution >= 4 is 23.4 Å². The van der Waals surface area contributed by atoms with Crippen molar-refractivity contribution in [1.29, 1.82) is 0 Å². The molecule has 0 atom stereocenters. The van der Waals surface area contributed by atoms with Crippen LogP contribution in [0.4, 0.5) is 11.6 Å². The maximum atomic E-state index is 11.1. The lowest BCUT2D eigenvalue weighted by Crippen LogP contribution is -2.15. The van der Waals surface area contributed by atoms with Crippen LogP contribution in [0.3, 0.4) is 0 Å². The predicted molar refractivity (Wildman–Crippen MR) is 78.7 cm³/mol. The van der Waals surface area contributed by atoms with Crippen molar-refractivity contribution in [2.24, 2.45) is 0 Å². The fourth-order valence-corrected chi connectivity index (χ4v) is 2.77. The summed E-state index contributed by atoms with van der Waals surface area (Å²) in [5.41, 5.74) is 7.10. The van der Waals surface area contributed by atoms with E-state index in [0.717, 1.165) is 0 Å². The summed E-state index contributed by atoms with van der Waals surface area (Å²) in [7, 11) is 0. The Morgan fingerprint density at radius 2 is 2.32 bits per heavy atom. The number of rotatable bonds is 4. The van der Waals surface area contributed by atoms with Crippen LogP contribution in [-0.4, -0.2) is 32.7 Å². The molecule has 1 aliphatic heterocycles. The van der Waals surface area contributed by atoms with Crippen molar-refractivity contribution in [3.05, 3.63) is 33.4 Å². The first-order valence-corrected chi connectivity index (χ1v) is 7.56. The third-order valence-corrected chi connectivity index (χ3v) is 3.91. The van der Waals surface area contributed by atoms with Gasteiger partial charge >= 0.3 is 0 Å². The van der Waals surface area contributed by atoms with Crippen LogP contribution >= 0.6 is 11.8 Å². The number of hydrogen-bond donors (Lipinski definition) is 1. The quantitative estimate of drug-likeness (QED) is 0.509. The van der Waals surface area contributed by atoms with Crippen molar-refractivity contribution < 1.29 is 14.4 Å². The second-order valence-electron chi connectivity index (χ2n) is 4.59. The van der Waals surface area contributed by atoms with Gasteiger partial charge in [0.05, 0.1) is 18.1 Å². The highest BCUT2D eigenvalue weighted by Crippen LogP contribution is 2.34. The van der Waals surface area contributed by atoms with Gasteiger partial charge in [-0.2, -0.15) is 0 Å². The van der Waals surface area contributed by atoms with Crippen molar-refractivity contribution in [3.63, 3.8) is 0 Å². The molecule has 2 heterocycles. The SMILES string of the molecule is CSc1nnc(N)n1Cc1cc([N+](=O)[O-])cc2c1OCOC2. The van der Waals surface area contributed by atoms with Crippen LogP contribution in [0.5, 0.6) is 5.75 Å². The lowest BCUT2D eigenvalue weighted by molar-refractivity contribution is -0.385. The van der Waals surface area contributed by atoms with Crippen molar-refractivity contribution in [1.82, 2.24) is 14.8 Å². The molecule has 0 saturated heterocycles. The summed E-state index contributed by atoms with van der Waals surface area (Å²) in [5.74, 6) is 0.841. The van der Waals surface area contributed by atoms with Gasteiger partial charge < -0.3 is 15.2 Å². The Bertz CT molecular complexity index is 733. The third kappa shape index (κ3) is 2.57. The number of fused-ring (bicyclic) bond motifs is 1. The van der Waals surface area contributed by atoms with E-state index in [2.05, 4.69) is 10.2 Å². The number of nitro benzene ring substituents is 1. The van der Waals surface area contributed by atoms with Gasteiger partial charge in [0.25, 0.3) is 5.69 Å². The molecular formula is C12H13N5O4S. The fraction of sp³-hybridized carbons (Fsp3) is 0.333. The predicted octanol–water partition coefficient (Wildman–Crippen LogP) is 1.41. The summed E-state index contributed by atoms with van der Waals surface area (Å²) < 4.78 is 12.4. The Balaban J connectivity index is 2.07. The minimum absolute atomic E-state index is 0.0137. The standard InChI is InChI=1S/C12H13N5O4S/c1-22-12-15-14-11(13)16(12)4-7-2-9(17(18)19)3-8-5-20-6-21-10(7)8/h2-3H,4-6H2,1H3,(H2,13,14). The molecule has 0 bridgehead atoms. The monoisotopic (exact) mass is 323 g/mol. The largest absolute Gasteiger partial charge is 0.467 e. The van der Waals surface area contributed by atoms with Gasteiger partial charge in [-0.25, -0.2) is 0 Å². The maximum Gasteiger partial charge on any atom is 0.270 e. The summed E-state index contributed by atoms with van der Waals surface area (Å²) in [6.45, 7) is 0.681. The van der Waals surface area contributed by atoms with Gasteiger partial charge in [-0.1, -0.05) is 11.8 Å². The molecule has 2 aromatic rings. The minimum atomic E-state index is -0.441. The topological polar surface area (TPSA) is 118 Å². The van der Waals surface area contributed by atoms with Gasteiger partial charge in [0, 0.05) is 23.3 Å². The van der Waals surface area contributed by atoms with Crippen LogP contribution in [0.15, 0.2) is 17.3 Å². The molecule has 22 heavy (non-hydrogen) atoms. The summed E-state index contributed by atoms with van der Waals surface area (Å²) >= 11 is 1.39. The van der Waals surface area contributed by atoms with Crippen LogP contribution < -0.4 is 10.5 Å². The molecule has 116 valence electrons. The molecule has 1 aromatic heterocycles. The van der Waals surface area contributed by atoms with E-state index in [1.807, 2.05) is 6.26 Å². The molecule has 0 unspecified atom stereocenters. The number of nitro groups is 1. The van der Waals surface area contributed by atoms with E-state index in [1.54, 1.807) is 4.57 Å². The Hall–Kier alpha value is -2.33. The molecule has 9 nitrogen and oxygen atoms in total. The van der Waals surface area contributed by atoms with E-state index in [-0.39, 0.29) is 25.0 Å². The number of non-ortho nitro benzene ring substituents is 1. The number of nitrogen functional groups attached to an aromatic ring is 1. The molecule has 0 amide bonds. The second kappa shape index (κ2) is 5.81. The van der Waals surface area contributed by atoms with Gasteiger partial charge in [-0.15, -0.1) is 10.2 Å². The first kappa shape index (κ1) is 14.6. The molecule has 3 rings (SSSR count). The number of hydrogen-bond acceptors (Lipinski definition) is 8. The first-order chi connectivity index (χ1) is 10.6. The highest BCUT2D eigenvalue weighted by molar-refractivity contribution is 7.98. The number of anilines is 1. The molecule has 2 N–H and O–H groups in total. The maximum absolute atomic E-state index is 11.1. The van der Waals surface area contributed by atoms with Gasteiger partial charge in [-0.3, -0.25) is 14.7 Å². The average molecular weight is 323 g/mol. The first-order valence-electron chi connectivity index (χ1n) is 6.33. The molecule has 1 aromatic carbocycles. The van der Waals surface area contributed by atoms with Crippen LogP contribution in [0.2, 0.25) is 0 Å². The number of nitrogens with two attached hydrogens (primary N) is 1. The summed E-state index contributed by atoms with van der Waals surface area (Å²) in [6, 6.07) is 2.94. The van der Waals surface area contributed by atoms with Gasteiger partial charge in [0.15, 0.2) is 11.9 Å². The second-order valence-corrected chi connectivity index (χ2v) is 5.37. The molecule has 10 heteroatoms. The van der Waals surface area contributed by atoms with E-state index >= 15 is 0 Å². The Morgan fingerprint density at radius 3 is 3.05 bits per heavy atom. The summed E-state index contributed by atoms with van der Waals surface area (Å²) in [4.78, 5) is 10.7. The Labute approximate surface area is 129 Å². The van der Waals surface area contributed by atoms with Crippen LogP contribution in [-0.2, 0) is 17.9 Å². The average Bonchev–Trinajstić information content (AvgIpc) is 2.87. The van der Waals surface area contributed by atoms with Crippen molar-refractivity contribution in [3.8, 4) is 5.75 Å². The van der Waals surface area contributed by atoms with Crippen LogP contribution in [0.25, 0.3) is 0 Å². The lowest BCUT2D eigenvalue weighted by atomic mass is 10.1. The number of benzene rings is 1. The normalized spacial score (nSPS) is 13.5. The highest BCUT2D eigenvalue weighted by atomic mass is 32.2. The molecule has 0 spiro atoms. The van der Waals surface area contributed by atoms with Crippen molar-refractivity contribution in [2.45, 2.75) is 18.3 Å². The molecule has 1 aliphatic rings. The van der Waals surface area contributed by atoms with Gasteiger partial charge in [-0.05, 0) is 6.26 Å². The van der Waals surface area contributed by atoms with Crippen molar-refractivity contribution in [2.75, 3.05) is 18.8 Å². The smallest absolute Gasteiger partial charge is 0.270 e. The van der Waals surface area contributed by atoms with E-state index in [4.69, 9.17) is 15.2 Å². The number of nitrogens with zero attached hydrogens (tertiary/aromatic N) is 4. The molecule has 0 saturated carbocycles. The lowest BCUT2D eigenvalue weighted by Gasteiger charge is -2.21. The number of ether oxygens (including phenoxy) is 2. The molecule has 0 aliphatic carbocycles. The van der Waals surface area contributed by atoms with Crippen LogP contribution in [0.1, 0.15) is 11.1 Å². The minimum Gasteiger partial charge on any atom is -0.467 e. The Morgan fingerprint density at radius 1 is 1.50 bits per heavy atom. The molecule has 0 radical (unpaired) electrons. The van der Waals surface area contributed by atoms with Gasteiger partial charge in [0.2, 0.25) is 5.95 Å². The summed E-state index contributed by atoms with van der Waals surface area (Å²) in [6.07, 6.45) is 1.85. The fourth-order valence-electron chi connectivity index (χ4n) is 2.27.